The Kier molecular flexibility index (Phi) is 6.30. The van der Waals surface area contributed by atoms with Crippen LogP contribution in [0.1, 0.15) is 12.8 Å². The van der Waals surface area contributed by atoms with Gasteiger partial charge in [-0.1, -0.05) is 30.0 Å². The third-order valence-corrected chi connectivity index (χ3v) is 5.02. The molecule has 0 spiro atoms. The zero-order chi connectivity index (χ0) is 18.4. The Hall–Kier alpha value is -2.32. The summed E-state index contributed by atoms with van der Waals surface area (Å²) in [6, 6.07) is 6.96. The average molecular weight is 374 g/mol. The molecule has 1 fully saturated rings. The smallest absolute Gasteiger partial charge is 0.230 e. The van der Waals surface area contributed by atoms with Gasteiger partial charge in [0.15, 0.2) is 11.0 Å². The quantitative estimate of drug-likeness (QED) is 0.544. The number of para-hydroxylation sites is 1. The Morgan fingerprint density at radius 2 is 2.31 bits per heavy atom. The van der Waals surface area contributed by atoms with E-state index in [0.717, 1.165) is 19.4 Å². The van der Waals surface area contributed by atoms with Crippen molar-refractivity contribution in [3.63, 3.8) is 0 Å². The number of amides is 1. The van der Waals surface area contributed by atoms with Gasteiger partial charge in [0, 0.05) is 19.7 Å². The highest BCUT2D eigenvalue weighted by molar-refractivity contribution is 7.99. The van der Waals surface area contributed by atoms with Gasteiger partial charge >= 0.3 is 0 Å². The van der Waals surface area contributed by atoms with E-state index in [9.17, 15) is 9.90 Å². The number of thioether (sulfide) groups is 1. The number of hydrogen-bond acceptors (Lipinski definition) is 6. The van der Waals surface area contributed by atoms with Gasteiger partial charge in [0.05, 0.1) is 17.4 Å². The van der Waals surface area contributed by atoms with Gasteiger partial charge in [-0.15, -0.1) is 16.8 Å². The first-order valence-electron chi connectivity index (χ1n) is 8.52. The molecule has 138 valence electrons. The molecule has 0 radical (unpaired) electrons. The van der Waals surface area contributed by atoms with Crippen molar-refractivity contribution in [1.82, 2.24) is 20.1 Å². The van der Waals surface area contributed by atoms with E-state index in [1.165, 1.54) is 11.8 Å². The van der Waals surface area contributed by atoms with Crippen LogP contribution in [0.15, 0.2) is 42.1 Å². The molecule has 1 amide bonds. The topological polar surface area (TPSA) is 89.3 Å². The van der Waals surface area contributed by atoms with Crippen LogP contribution >= 0.6 is 11.8 Å². The molecule has 0 unspecified atom stereocenters. The predicted octanol–water partition coefficient (Wildman–Crippen LogP) is 2.22. The minimum Gasteiger partial charge on any atom is -0.507 e. The van der Waals surface area contributed by atoms with Crippen LogP contribution < -0.4 is 5.32 Å². The van der Waals surface area contributed by atoms with Gasteiger partial charge in [0.2, 0.25) is 5.91 Å². The molecule has 1 aliphatic rings. The van der Waals surface area contributed by atoms with E-state index < -0.39 is 0 Å². The number of phenols is 1. The fourth-order valence-electron chi connectivity index (χ4n) is 2.77. The number of benzene rings is 1. The minimum absolute atomic E-state index is 0.0669. The molecule has 2 N–H and O–H groups in total. The Balaban J connectivity index is 1.65. The van der Waals surface area contributed by atoms with Crippen molar-refractivity contribution in [2.24, 2.45) is 0 Å². The lowest BCUT2D eigenvalue weighted by atomic mass is 10.2. The number of aromatic nitrogens is 3. The third-order valence-electron chi connectivity index (χ3n) is 4.06. The van der Waals surface area contributed by atoms with Gasteiger partial charge in [-0.25, -0.2) is 0 Å². The van der Waals surface area contributed by atoms with E-state index in [-0.39, 0.29) is 23.5 Å². The van der Waals surface area contributed by atoms with Gasteiger partial charge in [-0.3, -0.25) is 9.36 Å². The largest absolute Gasteiger partial charge is 0.507 e. The number of carbonyl (C=O) groups excluding carboxylic acids is 1. The molecule has 2 heterocycles. The number of phenolic OH excluding ortho intramolecular Hbond substituents is 1. The molecule has 1 aromatic heterocycles. The standard InChI is InChI=1S/C18H22N4O3S/c1-2-9-22-17(14-7-3-4-8-15(14)23)20-21-18(22)26-12-16(24)19-11-13-6-5-10-25-13/h2-4,7-8,13,23H,1,5-6,9-12H2,(H,19,24)/t13-/m0/s1. The first-order chi connectivity index (χ1) is 12.7. The average Bonchev–Trinajstić information content (AvgIpc) is 3.29. The van der Waals surface area contributed by atoms with Crippen LogP contribution in [0.5, 0.6) is 5.75 Å². The number of nitrogens with zero attached hydrogens (tertiary/aromatic N) is 3. The van der Waals surface area contributed by atoms with E-state index in [0.29, 0.717) is 29.6 Å². The second-order valence-corrected chi connectivity index (χ2v) is 6.89. The first-order valence-corrected chi connectivity index (χ1v) is 9.51. The van der Waals surface area contributed by atoms with Crippen molar-refractivity contribution >= 4 is 17.7 Å². The van der Waals surface area contributed by atoms with E-state index in [1.54, 1.807) is 24.3 Å². The summed E-state index contributed by atoms with van der Waals surface area (Å²) in [7, 11) is 0. The zero-order valence-electron chi connectivity index (χ0n) is 14.4. The van der Waals surface area contributed by atoms with E-state index in [1.807, 2.05) is 10.6 Å². The molecule has 3 rings (SSSR count). The van der Waals surface area contributed by atoms with Crippen LogP contribution in [0.2, 0.25) is 0 Å². The van der Waals surface area contributed by atoms with Crippen LogP contribution in [0.4, 0.5) is 0 Å². The van der Waals surface area contributed by atoms with Crippen molar-refractivity contribution in [1.29, 1.82) is 0 Å². The van der Waals surface area contributed by atoms with Crippen LogP contribution in [-0.2, 0) is 16.1 Å². The molecule has 1 aromatic carbocycles. The summed E-state index contributed by atoms with van der Waals surface area (Å²) in [6.07, 6.45) is 3.90. The number of ether oxygens (including phenoxy) is 1. The van der Waals surface area contributed by atoms with Gasteiger partial charge in [-0.2, -0.15) is 0 Å². The molecule has 7 nitrogen and oxygen atoms in total. The molecule has 1 saturated heterocycles. The highest BCUT2D eigenvalue weighted by Crippen LogP contribution is 2.30. The molecule has 0 bridgehead atoms. The molecule has 2 aromatic rings. The van der Waals surface area contributed by atoms with Gasteiger partial charge in [0.25, 0.3) is 0 Å². The molecule has 1 aliphatic heterocycles. The molecule has 0 aliphatic carbocycles. The molecular weight excluding hydrogens is 352 g/mol. The Morgan fingerprint density at radius 1 is 1.46 bits per heavy atom. The third kappa shape index (κ3) is 4.44. The van der Waals surface area contributed by atoms with Crippen molar-refractivity contribution in [3.8, 4) is 17.1 Å². The summed E-state index contributed by atoms with van der Waals surface area (Å²) in [4.78, 5) is 12.1. The van der Waals surface area contributed by atoms with Crippen LogP contribution in [0.25, 0.3) is 11.4 Å². The maximum Gasteiger partial charge on any atom is 0.230 e. The summed E-state index contributed by atoms with van der Waals surface area (Å²) in [5, 5.41) is 21.9. The minimum atomic E-state index is -0.0669. The fraction of sp³-hybridized carbons (Fsp3) is 0.389. The Bertz CT molecular complexity index is 772. The predicted molar refractivity (Wildman–Crippen MR) is 100 cm³/mol. The van der Waals surface area contributed by atoms with Crippen LogP contribution in [0, 0.1) is 0 Å². The second kappa shape index (κ2) is 8.86. The first kappa shape index (κ1) is 18.5. The maximum absolute atomic E-state index is 12.1. The maximum atomic E-state index is 12.1. The lowest BCUT2D eigenvalue weighted by Crippen LogP contribution is -2.32. The normalized spacial score (nSPS) is 16.5. The fourth-order valence-corrected chi connectivity index (χ4v) is 3.54. The highest BCUT2D eigenvalue weighted by Gasteiger charge is 2.18. The summed E-state index contributed by atoms with van der Waals surface area (Å²) in [6.45, 7) is 5.56. The van der Waals surface area contributed by atoms with Crippen molar-refractivity contribution < 1.29 is 14.6 Å². The van der Waals surface area contributed by atoms with Crippen LogP contribution in [0.3, 0.4) is 0 Å². The van der Waals surface area contributed by atoms with Crippen molar-refractivity contribution in [2.45, 2.75) is 30.6 Å². The molecule has 0 saturated carbocycles. The lowest BCUT2D eigenvalue weighted by Gasteiger charge is -2.11. The Morgan fingerprint density at radius 3 is 3.04 bits per heavy atom. The molecule has 8 heteroatoms. The monoisotopic (exact) mass is 374 g/mol. The van der Waals surface area contributed by atoms with Crippen molar-refractivity contribution in [3.05, 3.63) is 36.9 Å². The van der Waals surface area contributed by atoms with Gasteiger partial charge < -0.3 is 15.2 Å². The molecular formula is C18H22N4O3S. The summed E-state index contributed by atoms with van der Waals surface area (Å²) < 4.78 is 7.33. The molecule has 1 atom stereocenters. The number of nitrogens with one attached hydrogen (secondary N) is 1. The number of carbonyl (C=O) groups is 1. The second-order valence-electron chi connectivity index (χ2n) is 5.95. The highest BCUT2D eigenvalue weighted by atomic mass is 32.2. The lowest BCUT2D eigenvalue weighted by molar-refractivity contribution is -0.119. The summed E-state index contributed by atoms with van der Waals surface area (Å²) in [5.74, 6) is 0.854. The van der Waals surface area contributed by atoms with Gasteiger partial charge in [0.1, 0.15) is 5.75 Å². The van der Waals surface area contributed by atoms with Gasteiger partial charge in [-0.05, 0) is 25.0 Å². The Labute approximate surface area is 156 Å². The van der Waals surface area contributed by atoms with Crippen LogP contribution in [-0.4, -0.2) is 50.8 Å². The number of hydrogen-bond donors (Lipinski definition) is 2. The number of allylic oxidation sites excluding steroid dienone is 1. The SMILES string of the molecule is C=CCn1c(SCC(=O)NC[C@@H]2CCCO2)nnc1-c1ccccc1O. The summed E-state index contributed by atoms with van der Waals surface area (Å²) >= 11 is 1.31. The van der Waals surface area contributed by atoms with E-state index >= 15 is 0 Å². The van der Waals surface area contributed by atoms with E-state index in [4.69, 9.17) is 4.74 Å². The van der Waals surface area contributed by atoms with Crippen molar-refractivity contribution in [2.75, 3.05) is 18.9 Å². The summed E-state index contributed by atoms with van der Waals surface area (Å²) in [5.41, 5.74) is 0.594. The zero-order valence-corrected chi connectivity index (χ0v) is 15.2. The number of rotatable bonds is 8. The number of aromatic hydroxyl groups is 1. The molecule has 26 heavy (non-hydrogen) atoms. The van der Waals surface area contributed by atoms with E-state index in [2.05, 4.69) is 22.1 Å².